The van der Waals surface area contributed by atoms with Gasteiger partial charge in [0.15, 0.2) is 0 Å². The lowest BCUT2D eigenvalue weighted by Gasteiger charge is -2.16. The molecule has 4 heteroatoms. The minimum atomic E-state index is -0.402. The zero-order valence-electron chi connectivity index (χ0n) is 10.8. The Morgan fingerprint density at radius 2 is 1.89 bits per heavy atom. The maximum absolute atomic E-state index is 11.9. The standard InChI is InChI=1S/C15H16O4/c1-11(16)18-13-8-5-9-14(10-13)19-15(17)12-6-3-2-4-7-12/h2-3,5,8-10,12H,4,6-7H2,1H3/t12-/m1/s1. The second-order valence-electron chi connectivity index (χ2n) is 4.47. The molecule has 0 radical (unpaired) electrons. The van der Waals surface area contributed by atoms with Crippen LogP contribution in [0.25, 0.3) is 0 Å². The van der Waals surface area contributed by atoms with Crippen molar-refractivity contribution in [3.63, 3.8) is 0 Å². The number of carbonyl (C=O) groups excluding carboxylic acids is 2. The number of hydrogen-bond acceptors (Lipinski definition) is 4. The van der Waals surface area contributed by atoms with Gasteiger partial charge in [0, 0.05) is 13.0 Å². The average molecular weight is 260 g/mol. The number of ether oxygens (including phenoxy) is 2. The van der Waals surface area contributed by atoms with Crippen LogP contribution in [0.4, 0.5) is 0 Å². The highest BCUT2D eigenvalue weighted by atomic mass is 16.5. The first kappa shape index (κ1) is 13.3. The molecular formula is C15H16O4. The predicted octanol–water partition coefficient (Wildman–Crippen LogP) is 2.87. The van der Waals surface area contributed by atoms with Gasteiger partial charge in [0.1, 0.15) is 11.5 Å². The second-order valence-corrected chi connectivity index (χ2v) is 4.47. The third-order valence-electron chi connectivity index (χ3n) is 2.89. The van der Waals surface area contributed by atoms with Crippen LogP contribution in [0.1, 0.15) is 26.2 Å². The van der Waals surface area contributed by atoms with Gasteiger partial charge in [-0.1, -0.05) is 18.2 Å². The molecular weight excluding hydrogens is 244 g/mol. The number of carbonyl (C=O) groups is 2. The molecule has 0 unspecified atom stereocenters. The van der Waals surface area contributed by atoms with E-state index in [0.717, 1.165) is 19.3 Å². The Balaban J connectivity index is 2.00. The van der Waals surface area contributed by atoms with Crippen molar-refractivity contribution in [2.24, 2.45) is 5.92 Å². The smallest absolute Gasteiger partial charge is 0.314 e. The van der Waals surface area contributed by atoms with E-state index in [0.29, 0.717) is 11.5 Å². The van der Waals surface area contributed by atoms with E-state index >= 15 is 0 Å². The van der Waals surface area contributed by atoms with E-state index in [1.807, 2.05) is 6.08 Å². The van der Waals surface area contributed by atoms with Crippen LogP contribution in [0.2, 0.25) is 0 Å². The first-order chi connectivity index (χ1) is 9.15. The van der Waals surface area contributed by atoms with Crippen molar-refractivity contribution < 1.29 is 19.1 Å². The third kappa shape index (κ3) is 3.95. The average Bonchev–Trinajstić information content (AvgIpc) is 2.39. The SMILES string of the molecule is CC(=O)Oc1cccc(OC(=O)[C@@H]2CC=CCC2)c1. The quantitative estimate of drug-likeness (QED) is 0.476. The summed E-state index contributed by atoms with van der Waals surface area (Å²) < 4.78 is 10.3. The summed E-state index contributed by atoms with van der Waals surface area (Å²) in [6.45, 7) is 1.33. The van der Waals surface area contributed by atoms with Crippen LogP contribution >= 0.6 is 0 Å². The lowest BCUT2D eigenvalue weighted by molar-refractivity contribution is -0.139. The Morgan fingerprint density at radius 1 is 1.16 bits per heavy atom. The first-order valence-corrected chi connectivity index (χ1v) is 6.30. The van der Waals surface area contributed by atoms with Crippen LogP contribution in [0, 0.1) is 5.92 Å². The number of hydrogen-bond donors (Lipinski definition) is 0. The van der Waals surface area contributed by atoms with Crippen molar-refractivity contribution in [2.75, 3.05) is 0 Å². The highest BCUT2D eigenvalue weighted by molar-refractivity contribution is 5.76. The van der Waals surface area contributed by atoms with Gasteiger partial charge >= 0.3 is 11.9 Å². The van der Waals surface area contributed by atoms with Gasteiger partial charge < -0.3 is 9.47 Å². The molecule has 0 bridgehead atoms. The van der Waals surface area contributed by atoms with E-state index in [2.05, 4.69) is 6.08 Å². The number of benzene rings is 1. The van der Waals surface area contributed by atoms with Crippen LogP contribution in [-0.2, 0) is 9.59 Å². The lowest BCUT2D eigenvalue weighted by atomic mass is 9.95. The lowest BCUT2D eigenvalue weighted by Crippen LogP contribution is -2.21. The van der Waals surface area contributed by atoms with Gasteiger partial charge in [-0.3, -0.25) is 9.59 Å². The highest BCUT2D eigenvalue weighted by Gasteiger charge is 2.20. The largest absolute Gasteiger partial charge is 0.427 e. The molecule has 0 spiro atoms. The topological polar surface area (TPSA) is 52.6 Å². The molecule has 2 rings (SSSR count). The fourth-order valence-electron chi connectivity index (χ4n) is 1.97. The normalized spacial score (nSPS) is 17.8. The fraction of sp³-hybridized carbons (Fsp3) is 0.333. The summed E-state index contributed by atoms with van der Waals surface area (Å²) >= 11 is 0. The van der Waals surface area contributed by atoms with E-state index in [4.69, 9.17) is 9.47 Å². The van der Waals surface area contributed by atoms with Crippen molar-refractivity contribution in [2.45, 2.75) is 26.2 Å². The highest BCUT2D eigenvalue weighted by Crippen LogP contribution is 2.24. The molecule has 4 nitrogen and oxygen atoms in total. The van der Waals surface area contributed by atoms with E-state index in [-0.39, 0.29) is 11.9 Å². The molecule has 100 valence electrons. The zero-order chi connectivity index (χ0) is 13.7. The molecule has 0 heterocycles. The molecule has 1 atom stereocenters. The van der Waals surface area contributed by atoms with Gasteiger partial charge in [-0.15, -0.1) is 0 Å². The maximum atomic E-state index is 11.9. The van der Waals surface area contributed by atoms with E-state index in [9.17, 15) is 9.59 Å². The molecule has 0 saturated carbocycles. The fourth-order valence-corrected chi connectivity index (χ4v) is 1.97. The summed E-state index contributed by atoms with van der Waals surface area (Å²) in [5, 5.41) is 0. The molecule has 0 amide bonds. The summed E-state index contributed by atoms with van der Waals surface area (Å²) in [5.41, 5.74) is 0. The Labute approximate surface area is 112 Å². The molecule has 0 aromatic heterocycles. The van der Waals surface area contributed by atoms with Crippen molar-refractivity contribution in [1.82, 2.24) is 0 Å². The van der Waals surface area contributed by atoms with Gasteiger partial charge in [-0.2, -0.15) is 0 Å². The summed E-state index contributed by atoms with van der Waals surface area (Å²) in [6.07, 6.45) is 6.53. The Kier molecular flexibility index (Phi) is 4.34. The van der Waals surface area contributed by atoms with Gasteiger partial charge in [-0.25, -0.2) is 0 Å². The Bertz CT molecular complexity index is 505. The number of allylic oxidation sites excluding steroid dienone is 2. The van der Waals surface area contributed by atoms with Crippen molar-refractivity contribution in [1.29, 1.82) is 0 Å². The Hall–Kier alpha value is -2.10. The van der Waals surface area contributed by atoms with Crippen molar-refractivity contribution >= 4 is 11.9 Å². The van der Waals surface area contributed by atoms with Crippen LogP contribution in [0.15, 0.2) is 36.4 Å². The molecule has 1 aromatic carbocycles. The van der Waals surface area contributed by atoms with Crippen molar-refractivity contribution in [3.8, 4) is 11.5 Å². The van der Waals surface area contributed by atoms with Crippen LogP contribution in [0.5, 0.6) is 11.5 Å². The molecule has 0 aliphatic heterocycles. The van der Waals surface area contributed by atoms with E-state index < -0.39 is 5.97 Å². The van der Waals surface area contributed by atoms with Gasteiger partial charge in [0.05, 0.1) is 5.92 Å². The van der Waals surface area contributed by atoms with E-state index in [1.165, 1.54) is 13.0 Å². The molecule has 0 N–H and O–H groups in total. The van der Waals surface area contributed by atoms with Gasteiger partial charge in [0.25, 0.3) is 0 Å². The zero-order valence-corrected chi connectivity index (χ0v) is 10.8. The summed E-state index contributed by atoms with van der Waals surface area (Å²) in [7, 11) is 0. The predicted molar refractivity (Wildman–Crippen MR) is 69.9 cm³/mol. The monoisotopic (exact) mass is 260 g/mol. The minimum absolute atomic E-state index is 0.0811. The van der Waals surface area contributed by atoms with Gasteiger partial charge in [-0.05, 0) is 31.4 Å². The number of esters is 2. The molecule has 1 aliphatic rings. The summed E-state index contributed by atoms with van der Waals surface area (Å²) in [6, 6.07) is 6.53. The summed E-state index contributed by atoms with van der Waals surface area (Å²) in [5.74, 6) is 0.0623. The molecule has 1 aliphatic carbocycles. The van der Waals surface area contributed by atoms with Gasteiger partial charge in [0.2, 0.25) is 0 Å². The number of rotatable bonds is 3. The molecule has 19 heavy (non-hydrogen) atoms. The molecule has 1 aromatic rings. The van der Waals surface area contributed by atoms with E-state index in [1.54, 1.807) is 18.2 Å². The van der Waals surface area contributed by atoms with Crippen molar-refractivity contribution in [3.05, 3.63) is 36.4 Å². The second kappa shape index (κ2) is 6.18. The maximum Gasteiger partial charge on any atom is 0.314 e. The minimum Gasteiger partial charge on any atom is -0.427 e. The van der Waals surface area contributed by atoms with Crippen LogP contribution in [0.3, 0.4) is 0 Å². The third-order valence-corrected chi connectivity index (χ3v) is 2.89. The van der Waals surface area contributed by atoms with Crippen LogP contribution < -0.4 is 9.47 Å². The van der Waals surface area contributed by atoms with Crippen LogP contribution in [-0.4, -0.2) is 11.9 Å². The Morgan fingerprint density at radius 3 is 2.53 bits per heavy atom. The first-order valence-electron chi connectivity index (χ1n) is 6.30. The molecule has 0 fully saturated rings. The molecule has 0 saturated heterocycles. The summed E-state index contributed by atoms with van der Waals surface area (Å²) in [4.78, 5) is 22.8.